The third-order valence-corrected chi connectivity index (χ3v) is 4.98. The topological polar surface area (TPSA) is 30.0 Å². The first-order valence-corrected chi connectivity index (χ1v) is 7.76. The normalized spacial score (nSPS) is 12.1. The fraction of sp³-hybridized carbons (Fsp3) is 0.200. The lowest BCUT2D eigenvalue weighted by Gasteiger charge is -2.13. The molecule has 0 aliphatic carbocycles. The van der Waals surface area contributed by atoms with Crippen LogP contribution in [0.1, 0.15) is 23.7 Å². The molecule has 1 aromatic carbocycles. The Morgan fingerprint density at radius 1 is 1.26 bits per heavy atom. The molecule has 2 rings (SSSR count). The Morgan fingerprint density at radius 2 is 2.00 bits per heavy atom. The predicted molar refractivity (Wildman–Crippen MR) is 82.6 cm³/mol. The smallest absolute Gasteiger partial charge is 0.176 e. The molecule has 1 atom stereocenters. The highest BCUT2D eigenvalue weighted by Crippen LogP contribution is 2.31. The van der Waals surface area contributed by atoms with Crippen molar-refractivity contribution >= 4 is 33.5 Å². The van der Waals surface area contributed by atoms with E-state index < -0.39 is 0 Å². The first kappa shape index (κ1) is 14.3. The van der Waals surface area contributed by atoms with E-state index in [0.29, 0.717) is 0 Å². The number of thioether (sulfide) groups is 1. The molecule has 0 N–H and O–H groups in total. The maximum atomic E-state index is 12.4. The maximum Gasteiger partial charge on any atom is 0.176 e. The number of hydrogen-bond acceptors (Lipinski definition) is 3. The summed E-state index contributed by atoms with van der Waals surface area (Å²) in [6.45, 7) is 2.02. The van der Waals surface area contributed by atoms with E-state index in [-0.39, 0.29) is 11.0 Å². The Balaban J connectivity index is 2.17. The molecule has 2 aromatic rings. The van der Waals surface area contributed by atoms with E-state index in [0.717, 1.165) is 21.5 Å². The Bertz CT molecular complexity index is 559. The van der Waals surface area contributed by atoms with Crippen LogP contribution in [0.3, 0.4) is 0 Å². The highest BCUT2D eigenvalue weighted by molar-refractivity contribution is 9.10. The molecule has 0 saturated heterocycles. The second-order valence-electron chi connectivity index (χ2n) is 4.04. The zero-order valence-electron chi connectivity index (χ0n) is 10.5. The van der Waals surface area contributed by atoms with E-state index in [4.69, 9.17) is 0 Å². The van der Waals surface area contributed by atoms with Crippen molar-refractivity contribution in [1.82, 2.24) is 4.98 Å². The maximum absolute atomic E-state index is 12.4. The molecule has 4 heteroatoms. The van der Waals surface area contributed by atoms with Crippen LogP contribution in [0, 0.1) is 0 Å². The third kappa shape index (κ3) is 3.67. The quantitative estimate of drug-likeness (QED) is 0.590. The standard InChI is InChI=1S/C15H14BrNOS/c1-2-13(14(18)11-7-4-3-5-8-11)19-15-12(16)9-6-10-17-15/h3-10,13H,2H2,1H3. The minimum Gasteiger partial charge on any atom is -0.293 e. The summed E-state index contributed by atoms with van der Waals surface area (Å²) in [5.41, 5.74) is 0.758. The van der Waals surface area contributed by atoms with E-state index in [9.17, 15) is 4.79 Å². The Labute approximate surface area is 125 Å². The summed E-state index contributed by atoms with van der Waals surface area (Å²) in [6, 6.07) is 13.2. The largest absolute Gasteiger partial charge is 0.293 e. The molecule has 0 spiro atoms. The number of hydrogen-bond donors (Lipinski definition) is 0. The molecule has 1 heterocycles. The highest BCUT2D eigenvalue weighted by atomic mass is 79.9. The van der Waals surface area contributed by atoms with Gasteiger partial charge in [0.25, 0.3) is 0 Å². The molecular weight excluding hydrogens is 322 g/mol. The number of nitrogens with zero attached hydrogens (tertiary/aromatic N) is 1. The van der Waals surface area contributed by atoms with Crippen molar-refractivity contribution < 1.29 is 4.79 Å². The predicted octanol–water partition coefficient (Wildman–Crippen LogP) is 4.60. The monoisotopic (exact) mass is 335 g/mol. The zero-order chi connectivity index (χ0) is 13.7. The average Bonchev–Trinajstić information content (AvgIpc) is 2.47. The third-order valence-electron chi connectivity index (χ3n) is 2.70. The fourth-order valence-electron chi connectivity index (χ4n) is 1.70. The number of benzene rings is 1. The molecule has 0 saturated carbocycles. The number of carbonyl (C=O) groups excluding carboxylic acids is 1. The van der Waals surface area contributed by atoms with Gasteiger partial charge in [-0.3, -0.25) is 4.79 Å². The second-order valence-corrected chi connectivity index (χ2v) is 6.08. The van der Waals surface area contributed by atoms with Gasteiger partial charge in [0.15, 0.2) is 5.78 Å². The van der Waals surface area contributed by atoms with Gasteiger partial charge in [-0.25, -0.2) is 4.98 Å². The van der Waals surface area contributed by atoms with Gasteiger partial charge in [-0.05, 0) is 34.5 Å². The number of rotatable bonds is 5. The number of carbonyl (C=O) groups is 1. The minimum absolute atomic E-state index is 0.103. The summed E-state index contributed by atoms with van der Waals surface area (Å²) < 4.78 is 0.930. The van der Waals surface area contributed by atoms with Crippen molar-refractivity contribution in [1.29, 1.82) is 0 Å². The van der Waals surface area contributed by atoms with Crippen LogP contribution in [0.4, 0.5) is 0 Å². The SMILES string of the molecule is CCC(Sc1ncccc1Br)C(=O)c1ccccc1. The van der Waals surface area contributed by atoms with Gasteiger partial charge in [0.05, 0.1) is 5.25 Å². The lowest BCUT2D eigenvalue weighted by Crippen LogP contribution is -2.16. The summed E-state index contributed by atoms with van der Waals surface area (Å²) >= 11 is 4.98. The summed E-state index contributed by atoms with van der Waals surface area (Å²) in [5, 5.41) is 0.757. The van der Waals surface area contributed by atoms with E-state index >= 15 is 0 Å². The van der Waals surface area contributed by atoms with Gasteiger partial charge >= 0.3 is 0 Å². The van der Waals surface area contributed by atoms with Crippen LogP contribution in [-0.2, 0) is 0 Å². The summed E-state index contributed by atoms with van der Waals surface area (Å²) in [7, 11) is 0. The van der Waals surface area contributed by atoms with Gasteiger partial charge in [0.2, 0.25) is 0 Å². The molecule has 0 radical (unpaired) electrons. The van der Waals surface area contributed by atoms with Crippen LogP contribution in [0.15, 0.2) is 58.2 Å². The summed E-state index contributed by atoms with van der Waals surface area (Å²) in [6.07, 6.45) is 2.52. The molecule has 98 valence electrons. The van der Waals surface area contributed by atoms with Gasteiger partial charge in [-0.1, -0.05) is 49.0 Å². The van der Waals surface area contributed by atoms with Crippen LogP contribution < -0.4 is 0 Å². The molecule has 0 aliphatic rings. The molecule has 0 fully saturated rings. The van der Waals surface area contributed by atoms with Crippen LogP contribution in [0.5, 0.6) is 0 Å². The molecule has 19 heavy (non-hydrogen) atoms. The lowest BCUT2D eigenvalue weighted by atomic mass is 10.1. The minimum atomic E-state index is -0.103. The number of Topliss-reactive ketones (excluding diaryl/α,β-unsaturated/α-hetero) is 1. The van der Waals surface area contributed by atoms with E-state index in [1.54, 1.807) is 6.20 Å². The zero-order valence-corrected chi connectivity index (χ0v) is 12.9. The van der Waals surface area contributed by atoms with E-state index in [2.05, 4.69) is 20.9 Å². The van der Waals surface area contributed by atoms with Crippen molar-refractivity contribution in [3.05, 3.63) is 58.7 Å². The Hall–Kier alpha value is -1.13. The highest BCUT2D eigenvalue weighted by Gasteiger charge is 2.20. The molecule has 0 amide bonds. The van der Waals surface area contributed by atoms with E-state index in [1.165, 1.54) is 11.8 Å². The van der Waals surface area contributed by atoms with Crippen molar-refractivity contribution in [2.24, 2.45) is 0 Å². The van der Waals surface area contributed by atoms with Crippen LogP contribution >= 0.6 is 27.7 Å². The van der Waals surface area contributed by atoms with Crippen molar-refractivity contribution in [2.75, 3.05) is 0 Å². The molecular formula is C15H14BrNOS. The number of aromatic nitrogens is 1. The van der Waals surface area contributed by atoms with Crippen LogP contribution in [0.25, 0.3) is 0 Å². The molecule has 0 bridgehead atoms. The first-order chi connectivity index (χ1) is 9.22. The number of halogens is 1. The van der Waals surface area contributed by atoms with Gasteiger partial charge < -0.3 is 0 Å². The Morgan fingerprint density at radius 3 is 2.63 bits per heavy atom. The van der Waals surface area contributed by atoms with Gasteiger partial charge in [0, 0.05) is 16.2 Å². The molecule has 2 nitrogen and oxygen atoms in total. The van der Waals surface area contributed by atoms with Gasteiger partial charge in [-0.15, -0.1) is 0 Å². The molecule has 1 aromatic heterocycles. The van der Waals surface area contributed by atoms with Gasteiger partial charge in [-0.2, -0.15) is 0 Å². The summed E-state index contributed by atoms with van der Waals surface area (Å²) in [4.78, 5) is 16.7. The van der Waals surface area contributed by atoms with Crippen molar-refractivity contribution in [3.63, 3.8) is 0 Å². The van der Waals surface area contributed by atoms with Crippen LogP contribution in [-0.4, -0.2) is 16.0 Å². The van der Waals surface area contributed by atoms with Crippen molar-refractivity contribution in [3.8, 4) is 0 Å². The lowest BCUT2D eigenvalue weighted by molar-refractivity contribution is 0.0988. The fourth-order valence-corrected chi connectivity index (χ4v) is 3.22. The number of pyridine rings is 1. The number of ketones is 1. The average molecular weight is 336 g/mol. The van der Waals surface area contributed by atoms with Gasteiger partial charge in [0.1, 0.15) is 5.03 Å². The first-order valence-electron chi connectivity index (χ1n) is 6.08. The Kier molecular flexibility index (Phi) is 5.16. The summed E-state index contributed by atoms with van der Waals surface area (Å²) in [5.74, 6) is 0.158. The molecule has 0 aliphatic heterocycles. The second kappa shape index (κ2) is 6.87. The van der Waals surface area contributed by atoms with Crippen LogP contribution in [0.2, 0.25) is 0 Å². The van der Waals surface area contributed by atoms with Crippen molar-refractivity contribution in [2.45, 2.75) is 23.6 Å². The van der Waals surface area contributed by atoms with E-state index in [1.807, 2.05) is 49.4 Å². The molecule has 1 unspecified atom stereocenters.